The number of hydrogen-bond donors (Lipinski definition) is 1. The van der Waals surface area contributed by atoms with Gasteiger partial charge in [-0.2, -0.15) is 0 Å². The van der Waals surface area contributed by atoms with E-state index in [0.717, 1.165) is 12.1 Å². The van der Waals surface area contributed by atoms with Crippen molar-refractivity contribution in [2.45, 2.75) is 46.5 Å². The van der Waals surface area contributed by atoms with Gasteiger partial charge in [0.25, 0.3) is 0 Å². The second-order valence-electron chi connectivity index (χ2n) is 4.24. The summed E-state index contributed by atoms with van der Waals surface area (Å²) in [6.07, 6.45) is 13.7. The Morgan fingerprint density at radius 1 is 1.29 bits per heavy atom. The molecule has 0 aromatic heterocycles. The molecule has 1 heteroatoms. The van der Waals surface area contributed by atoms with Gasteiger partial charge in [-0.1, -0.05) is 50.6 Å². The summed E-state index contributed by atoms with van der Waals surface area (Å²) in [7, 11) is 1.90. The van der Waals surface area contributed by atoms with Gasteiger partial charge in [0.2, 0.25) is 0 Å². The van der Waals surface area contributed by atoms with Crippen molar-refractivity contribution >= 4 is 0 Å². The Morgan fingerprint density at radius 3 is 2.53 bits per heavy atom. The van der Waals surface area contributed by atoms with Crippen molar-refractivity contribution in [1.29, 1.82) is 0 Å². The number of nitrogens with one attached hydrogen (secondary N) is 1. The van der Waals surface area contributed by atoms with E-state index in [9.17, 15) is 0 Å². The van der Waals surface area contributed by atoms with Gasteiger partial charge < -0.3 is 5.32 Å². The average molecular weight is 233 g/mol. The lowest BCUT2D eigenvalue weighted by molar-refractivity contribution is 0.813. The first-order valence-corrected chi connectivity index (χ1v) is 6.51. The van der Waals surface area contributed by atoms with Crippen molar-refractivity contribution in [3.8, 4) is 0 Å². The molecule has 0 unspecified atom stereocenters. The zero-order chi connectivity index (χ0) is 13.1. The van der Waals surface area contributed by atoms with Gasteiger partial charge in [0.1, 0.15) is 0 Å². The van der Waals surface area contributed by atoms with Crippen LogP contribution < -0.4 is 5.32 Å². The summed E-state index contributed by atoms with van der Waals surface area (Å²) in [5.41, 5.74) is 3.52. The third-order valence-corrected chi connectivity index (χ3v) is 2.80. The Balaban J connectivity index is 4.27. The standard InChI is InChI=1S/C16H27N/c1-6-8-9-10-11-12-16(7-2)13-14(3)15(4)17-5/h7,10-11,13,17H,4,6,8-9,12H2,1-3,5H3/b11-10-,14-13+,16-7+. The Hall–Kier alpha value is -1.24. The molecule has 0 aliphatic carbocycles. The van der Waals surface area contributed by atoms with E-state index in [1.165, 1.54) is 30.4 Å². The van der Waals surface area contributed by atoms with Crippen LogP contribution in [0.2, 0.25) is 0 Å². The summed E-state index contributed by atoms with van der Waals surface area (Å²) in [6.45, 7) is 10.4. The maximum atomic E-state index is 3.96. The van der Waals surface area contributed by atoms with E-state index in [1.807, 2.05) is 7.05 Å². The summed E-state index contributed by atoms with van der Waals surface area (Å²) in [4.78, 5) is 0. The molecule has 0 saturated heterocycles. The lowest BCUT2D eigenvalue weighted by Gasteiger charge is -2.06. The van der Waals surface area contributed by atoms with E-state index in [-0.39, 0.29) is 0 Å². The molecule has 0 atom stereocenters. The SMILES string of the molecule is C=C(NC)/C(C)=C/C(=C/C)C/C=C\CCCC. The van der Waals surface area contributed by atoms with Crippen LogP contribution in [-0.4, -0.2) is 7.05 Å². The second-order valence-corrected chi connectivity index (χ2v) is 4.24. The molecule has 0 saturated carbocycles. The monoisotopic (exact) mass is 233 g/mol. The average Bonchev–Trinajstić information content (AvgIpc) is 2.35. The molecular weight excluding hydrogens is 206 g/mol. The van der Waals surface area contributed by atoms with Crippen LogP contribution in [0.25, 0.3) is 0 Å². The van der Waals surface area contributed by atoms with E-state index in [4.69, 9.17) is 0 Å². The summed E-state index contributed by atoms with van der Waals surface area (Å²) in [6, 6.07) is 0. The van der Waals surface area contributed by atoms with Crippen molar-refractivity contribution in [1.82, 2.24) is 5.32 Å². The topological polar surface area (TPSA) is 12.0 Å². The van der Waals surface area contributed by atoms with Crippen LogP contribution in [0.1, 0.15) is 46.5 Å². The third kappa shape index (κ3) is 7.62. The maximum absolute atomic E-state index is 3.96. The first kappa shape index (κ1) is 15.8. The molecule has 0 radical (unpaired) electrons. The lowest BCUT2D eigenvalue weighted by atomic mass is 10.1. The largest absolute Gasteiger partial charge is 0.388 e. The molecule has 0 rings (SSSR count). The first-order valence-electron chi connectivity index (χ1n) is 6.51. The van der Waals surface area contributed by atoms with Gasteiger partial charge in [-0.25, -0.2) is 0 Å². The summed E-state index contributed by atoms with van der Waals surface area (Å²) < 4.78 is 0. The van der Waals surface area contributed by atoms with Crippen molar-refractivity contribution in [2.75, 3.05) is 7.05 Å². The van der Waals surface area contributed by atoms with Crippen LogP contribution in [0.15, 0.2) is 47.7 Å². The van der Waals surface area contributed by atoms with Crippen molar-refractivity contribution in [3.05, 3.63) is 47.7 Å². The number of likely N-dealkylation sites (N-methyl/N-ethyl adjacent to an activating group) is 1. The van der Waals surface area contributed by atoms with Crippen LogP contribution in [0, 0.1) is 0 Å². The Labute approximate surface area is 107 Å². The lowest BCUT2D eigenvalue weighted by Crippen LogP contribution is -2.05. The summed E-state index contributed by atoms with van der Waals surface area (Å²) >= 11 is 0. The van der Waals surface area contributed by atoms with Crippen LogP contribution >= 0.6 is 0 Å². The van der Waals surface area contributed by atoms with E-state index in [0.29, 0.717) is 0 Å². The molecule has 0 fully saturated rings. The van der Waals surface area contributed by atoms with Gasteiger partial charge >= 0.3 is 0 Å². The van der Waals surface area contributed by atoms with Crippen molar-refractivity contribution < 1.29 is 0 Å². The van der Waals surface area contributed by atoms with Gasteiger partial charge in [-0.15, -0.1) is 0 Å². The molecule has 96 valence electrons. The van der Waals surface area contributed by atoms with Crippen molar-refractivity contribution in [3.63, 3.8) is 0 Å². The van der Waals surface area contributed by atoms with E-state index in [2.05, 4.69) is 57.0 Å². The molecular formula is C16H27N. The number of rotatable bonds is 8. The molecule has 0 aliphatic heterocycles. The number of unbranched alkanes of at least 4 members (excludes halogenated alkanes) is 2. The molecule has 0 aromatic carbocycles. The highest BCUT2D eigenvalue weighted by Crippen LogP contribution is 2.12. The molecule has 0 aliphatic rings. The molecule has 0 spiro atoms. The Bertz CT molecular complexity index is 305. The molecule has 1 N–H and O–H groups in total. The number of allylic oxidation sites excluding steroid dienone is 6. The van der Waals surface area contributed by atoms with Gasteiger partial charge in [-0.05, 0) is 37.8 Å². The fraction of sp³-hybridized carbons (Fsp3) is 0.500. The quantitative estimate of drug-likeness (QED) is 0.362. The van der Waals surface area contributed by atoms with Gasteiger partial charge in [0, 0.05) is 12.7 Å². The summed E-state index contributed by atoms with van der Waals surface area (Å²) in [5.74, 6) is 0. The molecule has 0 heterocycles. The summed E-state index contributed by atoms with van der Waals surface area (Å²) in [5, 5.41) is 3.07. The minimum absolute atomic E-state index is 0.985. The second kappa shape index (κ2) is 9.95. The smallest absolute Gasteiger partial charge is 0.0294 e. The van der Waals surface area contributed by atoms with Gasteiger partial charge in [0.05, 0.1) is 0 Å². The number of hydrogen-bond acceptors (Lipinski definition) is 1. The molecule has 0 aromatic rings. The third-order valence-electron chi connectivity index (χ3n) is 2.80. The normalized spacial score (nSPS) is 13.2. The maximum Gasteiger partial charge on any atom is 0.0294 e. The predicted molar refractivity (Wildman–Crippen MR) is 79.0 cm³/mol. The predicted octanol–water partition coefficient (Wildman–Crippen LogP) is 4.75. The van der Waals surface area contributed by atoms with E-state index < -0.39 is 0 Å². The highest BCUT2D eigenvalue weighted by Gasteiger charge is 1.95. The molecule has 0 amide bonds. The van der Waals surface area contributed by atoms with Crippen LogP contribution in [0.5, 0.6) is 0 Å². The minimum atomic E-state index is 0.985. The van der Waals surface area contributed by atoms with Gasteiger partial charge in [-0.3, -0.25) is 0 Å². The van der Waals surface area contributed by atoms with Crippen LogP contribution in [0.4, 0.5) is 0 Å². The van der Waals surface area contributed by atoms with E-state index in [1.54, 1.807) is 0 Å². The van der Waals surface area contributed by atoms with Gasteiger partial charge in [0.15, 0.2) is 0 Å². The molecule has 1 nitrogen and oxygen atoms in total. The molecule has 17 heavy (non-hydrogen) atoms. The fourth-order valence-corrected chi connectivity index (χ4v) is 1.48. The Morgan fingerprint density at radius 2 is 2.00 bits per heavy atom. The zero-order valence-electron chi connectivity index (χ0n) is 11.8. The molecule has 0 bridgehead atoms. The fourth-order valence-electron chi connectivity index (χ4n) is 1.48. The zero-order valence-corrected chi connectivity index (χ0v) is 11.8. The highest BCUT2D eigenvalue weighted by molar-refractivity contribution is 5.33. The minimum Gasteiger partial charge on any atom is -0.388 e. The first-order chi connectivity index (χ1) is 8.15. The van der Waals surface area contributed by atoms with E-state index >= 15 is 0 Å². The van der Waals surface area contributed by atoms with Crippen molar-refractivity contribution in [2.24, 2.45) is 0 Å². The van der Waals surface area contributed by atoms with Crippen LogP contribution in [-0.2, 0) is 0 Å². The highest BCUT2D eigenvalue weighted by atomic mass is 14.8. The Kier molecular flexibility index (Phi) is 9.22. The van der Waals surface area contributed by atoms with Crippen LogP contribution in [0.3, 0.4) is 0 Å².